The molecule has 1 fully saturated rings. The van der Waals surface area contributed by atoms with Crippen molar-refractivity contribution >= 4 is 0 Å². The third kappa shape index (κ3) is 2.55. The van der Waals surface area contributed by atoms with Crippen molar-refractivity contribution in [3.8, 4) is 0 Å². The van der Waals surface area contributed by atoms with E-state index in [1.165, 1.54) is 0 Å². The number of nitrogens with two attached hydrogens (primary N) is 1. The number of rotatable bonds is 2. The summed E-state index contributed by atoms with van der Waals surface area (Å²) in [4.78, 5) is 4.48. The summed E-state index contributed by atoms with van der Waals surface area (Å²) in [5.41, 5.74) is 8.27. The smallest absolute Gasteiger partial charge is 0.0577 e. The van der Waals surface area contributed by atoms with Crippen LogP contribution in [0, 0.1) is 12.8 Å². The Morgan fingerprint density at radius 1 is 1.40 bits per heavy atom. The number of hydrogen-bond acceptors (Lipinski definition) is 3. The molecule has 0 spiro atoms. The summed E-state index contributed by atoms with van der Waals surface area (Å²) in [6.07, 6.45) is 2.10. The quantitative estimate of drug-likeness (QED) is 0.803. The molecule has 82 valence electrons. The summed E-state index contributed by atoms with van der Waals surface area (Å²) in [6, 6.07) is 6.11. The summed E-state index contributed by atoms with van der Waals surface area (Å²) >= 11 is 0. The van der Waals surface area contributed by atoms with E-state index in [1.54, 1.807) is 0 Å². The van der Waals surface area contributed by atoms with Crippen molar-refractivity contribution in [1.82, 2.24) is 4.98 Å². The first-order valence-corrected chi connectivity index (χ1v) is 5.54. The van der Waals surface area contributed by atoms with Crippen LogP contribution in [-0.4, -0.2) is 18.2 Å². The predicted octanol–water partition coefficient (Wildman–Crippen LogP) is 1.82. The lowest BCUT2D eigenvalue weighted by molar-refractivity contribution is 0.0579. The van der Waals surface area contributed by atoms with E-state index in [0.29, 0.717) is 5.92 Å². The highest BCUT2D eigenvalue weighted by molar-refractivity contribution is 5.14. The Bertz CT molecular complexity index is 321. The standard InChI is InChI=1S/C12H18N2O/c1-9-3-2-4-11(14-9)12(13)10-5-7-15-8-6-10/h2-4,10,12H,5-8,13H2,1H3/t12-/m1/s1. The van der Waals surface area contributed by atoms with Crippen LogP contribution in [0.15, 0.2) is 18.2 Å². The lowest BCUT2D eigenvalue weighted by atomic mass is 9.90. The Hall–Kier alpha value is -0.930. The third-order valence-corrected chi connectivity index (χ3v) is 3.03. The van der Waals surface area contributed by atoms with Crippen molar-refractivity contribution in [2.75, 3.05) is 13.2 Å². The second-order valence-electron chi connectivity index (χ2n) is 4.18. The number of hydrogen-bond donors (Lipinski definition) is 1. The highest BCUT2D eigenvalue weighted by Crippen LogP contribution is 2.26. The second kappa shape index (κ2) is 4.73. The minimum absolute atomic E-state index is 0.0637. The van der Waals surface area contributed by atoms with E-state index in [9.17, 15) is 0 Å². The van der Waals surface area contributed by atoms with Crippen LogP contribution in [0.4, 0.5) is 0 Å². The molecular weight excluding hydrogens is 188 g/mol. The first-order valence-electron chi connectivity index (χ1n) is 5.54. The summed E-state index contributed by atoms with van der Waals surface area (Å²) in [5.74, 6) is 0.521. The molecule has 3 heteroatoms. The van der Waals surface area contributed by atoms with E-state index in [0.717, 1.165) is 37.4 Å². The average Bonchev–Trinajstić information content (AvgIpc) is 2.29. The maximum absolute atomic E-state index is 6.22. The van der Waals surface area contributed by atoms with Crippen molar-refractivity contribution in [1.29, 1.82) is 0 Å². The molecule has 1 atom stereocenters. The summed E-state index contributed by atoms with van der Waals surface area (Å²) < 4.78 is 5.33. The molecule has 1 aliphatic heterocycles. The average molecular weight is 206 g/mol. The van der Waals surface area contributed by atoms with Crippen LogP contribution in [0.3, 0.4) is 0 Å². The van der Waals surface area contributed by atoms with Crippen LogP contribution in [0.1, 0.15) is 30.3 Å². The largest absolute Gasteiger partial charge is 0.381 e. The normalized spacial score (nSPS) is 20.1. The second-order valence-corrected chi connectivity index (χ2v) is 4.18. The van der Waals surface area contributed by atoms with Gasteiger partial charge in [-0.1, -0.05) is 6.07 Å². The van der Waals surface area contributed by atoms with Gasteiger partial charge < -0.3 is 10.5 Å². The number of pyridine rings is 1. The van der Waals surface area contributed by atoms with Crippen LogP contribution < -0.4 is 5.73 Å². The Morgan fingerprint density at radius 3 is 2.80 bits per heavy atom. The van der Waals surface area contributed by atoms with Gasteiger partial charge in [0, 0.05) is 18.9 Å². The molecule has 0 aliphatic carbocycles. The molecule has 2 heterocycles. The van der Waals surface area contributed by atoms with Gasteiger partial charge in [-0.2, -0.15) is 0 Å². The Kier molecular flexibility index (Phi) is 3.34. The molecule has 0 radical (unpaired) electrons. The topological polar surface area (TPSA) is 48.1 Å². The fourth-order valence-electron chi connectivity index (χ4n) is 2.07. The SMILES string of the molecule is Cc1cccc([C@H](N)C2CCOCC2)n1. The van der Waals surface area contributed by atoms with Crippen LogP contribution >= 0.6 is 0 Å². The van der Waals surface area contributed by atoms with Gasteiger partial charge >= 0.3 is 0 Å². The zero-order valence-corrected chi connectivity index (χ0v) is 9.15. The zero-order valence-electron chi connectivity index (χ0n) is 9.15. The van der Waals surface area contributed by atoms with Crippen molar-refractivity contribution < 1.29 is 4.74 Å². The van der Waals surface area contributed by atoms with E-state index in [1.807, 2.05) is 25.1 Å². The van der Waals surface area contributed by atoms with E-state index in [-0.39, 0.29) is 6.04 Å². The summed E-state index contributed by atoms with van der Waals surface area (Å²) in [5, 5.41) is 0. The van der Waals surface area contributed by atoms with E-state index < -0.39 is 0 Å². The number of aryl methyl sites for hydroxylation is 1. The Morgan fingerprint density at radius 2 is 2.13 bits per heavy atom. The summed E-state index contributed by atoms with van der Waals surface area (Å²) in [7, 11) is 0. The molecule has 1 aromatic rings. The highest BCUT2D eigenvalue weighted by Gasteiger charge is 2.22. The maximum atomic E-state index is 6.22. The Labute approximate surface area is 90.7 Å². The third-order valence-electron chi connectivity index (χ3n) is 3.03. The van der Waals surface area contributed by atoms with Crippen molar-refractivity contribution in [3.63, 3.8) is 0 Å². The van der Waals surface area contributed by atoms with Gasteiger partial charge in [0.2, 0.25) is 0 Å². The lowest BCUT2D eigenvalue weighted by Crippen LogP contribution is -2.28. The molecule has 0 unspecified atom stereocenters. The fraction of sp³-hybridized carbons (Fsp3) is 0.583. The summed E-state index contributed by atoms with van der Waals surface area (Å²) in [6.45, 7) is 3.68. The molecule has 2 rings (SSSR count). The molecule has 2 N–H and O–H groups in total. The first-order chi connectivity index (χ1) is 7.27. The molecule has 15 heavy (non-hydrogen) atoms. The predicted molar refractivity (Wildman–Crippen MR) is 59.4 cm³/mol. The fourth-order valence-corrected chi connectivity index (χ4v) is 2.07. The van der Waals surface area contributed by atoms with Gasteiger partial charge in [0.25, 0.3) is 0 Å². The molecule has 3 nitrogen and oxygen atoms in total. The van der Waals surface area contributed by atoms with E-state index in [2.05, 4.69) is 4.98 Å². The van der Waals surface area contributed by atoms with Crippen LogP contribution in [0.5, 0.6) is 0 Å². The van der Waals surface area contributed by atoms with Gasteiger partial charge in [-0.3, -0.25) is 4.98 Å². The molecule has 0 saturated carbocycles. The molecule has 0 aromatic carbocycles. The Balaban J connectivity index is 2.08. The number of aromatic nitrogens is 1. The molecule has 1 aromatic heterocycles. The van der Waals surface area contributed by atoms with Crippen molar-refractivity contribution in [2.45, 2.75) is 25.8 Å². The molecule has 1 aliphatic rings. The van der Waals surface area contributed by atoms with E-state index in [4.69, 9.17) is 10.5 Å². The monoisotopic (exact) mass is 206 g/mol. The van der Waals surface area contributed by atoms with Gasteiger partial charge in [0.1, 0.15) is 0 Å². The number of nitrogens with zero attached hydrogens (tertiary/aromatic N) is 1. The van der Waals surface area contributed by atoms with Crippen LogP contribution in [0.25, 0.3) is 0 Å². The van der Waals surface area contributed by atoms with Gasteiger partial charge in [-0.25, -0.2) is 0 Å². The highest BCUT2D eigenvalue weighted by atomic mass is 16.5. The van der Waals surface area contributed by atoms with Gasteiger partial charge in [0.15, 0.2) is 0 Å². The zero-order chi connectivity index (χ0) is 10.7. The van der Waals surface area contributed by atoms with Crippen molar-refractivity contribution in [2.24, 2.45) is 11.7 Å². The van der Waals surface area contributed by atoms with Crippen LogP contribution in [0.2, 0.25) is 0 Å². The molecule has 1 saturated heterocycles. The minimum atomic E-state index is 0.0637. The number of ether oxygens (including phenoxy) is 1. The van der Waals surface area contributed by atoms with Gasteiger partial charge in [0.05, 0.1) is 11.7 Å². The van der Waals surface area contributed by atoms with Gasteiger partial charge in [-0.15, -0.1) is 0 Å². The lowest BCUT2D eigenvalue weighted by Gasteiger charge is -2.27. The molecule has 0 amide bonds. The van der Waals surface area contributed by atoms with Crippen LogP contribution in [-0.2, 0) is 4.74 Å². The molecule has 0 bridgehead atoms. The van der Waals surface area contributed by atoms with Crippen molar-refractivity contribution in [3.05, 3.63) is 29.6 Å². The van der Waals surface area contributed by atoms with Gasteiger partial charge in [-0.05, 0) is 37.8 Å². The maximum Gasteiger partial charge on any atom is 0.0577 e. The molecular formula is C12H18N2O. The first kappa shape index (κ1) is 10.6. The van der Waals surface area contributed by atoms with E-state index >= 15 is 0 Å². The minimum Gasteiger partial charge on any atom is -0.381 e.